The molecule has 0 amide bonds. The Kier molecular flexibility index (Phi) is 6.06. The Labute approximate surface area is 106 Å². The second kappa shape index (κ2) is 7.07. The molecular formula is C11H16Cl2N2O. The van der Waals surface area contributed by atoms with Gasteiger partial charge in [-0.15, -0.1) is 0 Å². The van der Waals surface area contributed by atoms with Crippen LogP contribution in [0.4, 0.5) is 0 Å². The number of hydrogen-bond donors (Lipinski definition) is 0. The van der Waals surface area contributed by atoms with Crippen LogP contribution in [-0.2, 0) is 11.3 Å². The zero-order valence-electron chi connectivity index (χ0n) is 9.54. The highest BCUT2D eigenvalue weighted by Gasteiger charge is 2.08. The lowest BCUT2D eigenvalue weighted by Gasteiger charge is -2.19. The Morgan fingerprint density at radius 1 is 1.38 bits per heavy atom. The number of halogens is 2. The first-order valence-corrected chi connectivity index (χ1v) is 5.95. The molecule has 16 heavy (non-hydrogen) atoms. The topological polar surface area (TPSA) is 25.4 Å². The van der Waals surface area contributed by atoms with Crippen LogP contribution in [0.5, 0.6) is 0 Å². The van der Waals surface area contributed by atoms with Gasteiger partial charge >= 0.3 is 0 Å². The molecule has 0 saturated heterocycles. The van der Waals surface area contributed by atoms with Crippen LogP contribution in [0, 0.1) is 0 Å². The molecule has 0 aliphatic carbocycles. The van der Waals surface area contributed by atoms with Crippen molar-refractivity contribution in [2.24, 2.45) is 0 Å². The van der Waals surface area contributed by atoms with Crippen molar-refractivity contribution in [1.29, 1.82) is 0 Å². The maximum absolute atomic E-state index is 6.05. The summed E-state index contributed by atoms with van der Waals surface area (Å²) < 4.78 is 5.04. The maximum atomic E-state index is 6.05. The van der Waals surface area contributed by atoms with E-state index in [1.807, 2.05) is 0 Å². The average molecular weight is 263 g/mol. The molecule has 1 heterocycles. The second-order valence-electron chi connectivity index (χ2n) is 3.42. The first-order chi connectivity index (χ1) is 7.67. The molecule has 0 N–H and O–H groups in total. The van der Waals surface area contributed by atoms with E-state index in [0.717, 1.165) is 18.8 Å². The van der Waals surface area contributed by atoms with Gasteiger partial charge in [-0.1, -0.05) is 30.1 Å². The van der Waals surface area contributed by atoms with Gasteiger partial charge in [0.15, 0.2) is 0 Å². The van der Waals surface area contributed by atoms with Gasteiger partial charge in [0.2, 0.25) is 0 Å². The van der Waals surface area contributed by atoms with Crippen LogP contribution in [0.15, 0.2) is 12.1 Å². The Hall–Kier alpha value is -0.350. The van der Waals surface area contributed by atoms with Crippen molar-refractivity contribution in [2.45, 2.75) is 13.5 Å². The SMILES string of the molecule is CCN(CCOC)Cc1nc(Cl)ccc1Cl. The smallest absolute Gasteiger partial charge is 0.129 e. The maximum Gasteiger partial charge on any atom is 0.129 e. The van der Waals surface area contributed by atoms with Crippen molar-refractivity contribution in [3.05, 3.63) is 28.0 Å². The molecule has 90 valence electrons. The molecule has 0 aliphatic rings. The van der Waals surface area contributed by atoms with Crippen LogP contribution >= 0.6 is 23.2 Å². The van der Waals surface area contributed by atoms with Crippen molar-refractivity contribution >= 4 is 23.2 Å². The number of pyridine rings is 1. The van der Waals surface area contributed by atoms with Crippen LogP contribution in [0.2, 0.25) is 10.2 Å². The van der Waals surface area contributed by atoms with Gasteiger partial charge in [0, 0.05) is 20.2 Å². The monoisotopic (exact) mass is 262 g/mol. The van der Waals surface area contributed by atoms with E-state index in [-0.39, 0.29) is 0 Å². The number of rotatable bonds is 6. The van der Waals surface area contributed by atoms with Crippen molar-refractivity contribution in [2.75, 3.05) is 26.8 Å². The van der Waals surface area contributed by atoms with Crippen molar-refractivity contribution in [3.8, 4) is 0 Å². The number of likely N-dealkylation sites (N-methyl/N-ethyl adjacent to an activating group) is 1. The van der Waals surface area contributed by atoms with Crippen LogP contribution < -0.4 is 0 Å². The van der Waals surface area contributed by atoms with Crippen molar-refractivity contribution in [1.82, 2.24) is 9.88 Å². The van der Waals surface area contributed by atoms with E-state index in [9.17, 15) is 0 Å². The average Bonchev–Trinajstić information content (AvgIpc) is 2.28. The van der Waals surface area contributed by atoms with Gasteiger partial charge in [-0.2, -0.15) is 0 Å². The summed E-state index contributed by atoms with van der Waals surface area (Å²) in [6, 6.07) is 3.47. The molecule has 3 nitrogen and oxygen atoms in total. The largest absolute Gasteiger partial charge is 0.383 e. The fraction of sp³-hybridized carbons (Fsp3) is 0.545. The molecule has 1 aromatic rings. The Morgan fingerprint density at radius 3 is 2.75 bits per heavy atom. The van der Waals surface area contributed by atoms with Gasteiger partial charge < -0.3 is 4.74 Å². The molecule has 0 radical (unpaired) electrons. The minimum Gasteiger partial charge on any atom is -0.383 e. The molecule has 1 rings (SSSR count). The molecule has 0 aliphatic heterocycles. The fourth-order valence-corrected chi connectivity index (χ4v) is 1.68. The van der Waals surface area contributed by atoms with E-state index in [4.69, 9.17) is 27.9 Å². The summed E-state index contributed by atoms with van der Waals surface area (Å²) in [5, 5.41) is 1.13. The molecule has 0 unspecified atom stereocenters. The lowest BCUT2D eigenvalue weighted by molar-refractivity contribution is 0.147. The van der Waals surface area contributed by atoms with Crippen molar-refractivity contribution in [3.63, 3.8) is 0 Å². The number of ether oxygens (including phenoxy) is 1. The summed E-state index contributed by atoms with van der Waals surface area (Å²) in [6.07, 6.45) is 0. The highest BCUT2D eigenvalue weighted by atomic mass is 35.5. The lowest BCUT2D eigenvalue weighted by atomic mass is 10.3. The Bertz CT molecular complexity index is 334. The first kappa shape index (κ1) is 13.7. The van der Waals surface area contributed by atoms with E-state index in [1.54, 1.807) is 19.2 Å². The second-order valence-corrected chi connectivity index (χ2v) is 4.22. The van der Waals surface area contributed by atoms with E-state index in [0.29, 0.717) is 23.3 Å². The molecule has 0 spiro atoms. The molecule has 5 heteroatoms. The summed E-state index contributed by atoms with van der Waals surface area (Å²) in [5.41, 5.74) is 0.812. The zero-order chi connectivity index (χ0) is 12.0. The third kappa shape index (κ3) is 4.26. The predicted octanol–water partition coefficient (Wildman–Crippen LogP) is 2.86. The lowest BCUT2D eigenvalue weighted by Crippen LogP contribution is -2.27. The minimum atomic E-state index is 0.474. The van der Waals surface area contributed by atoms with Crippen molar-refractivity contribution < 1.29 is 4.74 Å². The van der Waals surface area contributed by atoms with Gasteiger partial charge in [-0.25, -0.2) is 4.98 Å². The summed E-state index contributed by atoms with van der Waals surface area (Å²) >= 11 is 11.9. The van der Waals surface area contributed by atoms with Crippen LogP contribution in [0.3, 0.4) is 0 Å². The van der Waals surface area contributed by atoms with Crippen LogP contribution in [-0.4, -0.2) is 36.7 Å². The molecular weight excluding hydrogens is 247 g/mol. The van der Waals surface area contributed by atoms with Gasteiger partial charge in [-0.3, -0.25) is 4.90 Å². The van der Waals surface area contributed by atoms with E-state index in [1.165, 1.54) is 0 Å². The predicted molar refractivity (Wildman–Crippen MR) is 67.1 cm³/mol. The Balaban J connectivity index is 2.65. The highest BCUT2D eigenvalue weighted by Crippen LogP contribution is 2.18. The van der Waals surface area contributed by atoms with Crippen LogP contribution in [0.1, 0.15) is 12.6 Å². The third-order valence-electron chi connectivity index (χ3n) is 2.32. The number of methoxy groups -OCH3 is 1. The van der Waals surface area contributed by atoms with E-state index in [2.05, 4.69) is 16.8 Å². The number of hydrogen-bond acceptors (Lipinski definition) is 3. The Morgan fingerprint density at radius 2 is 2.12 bits per heavy atom. The third-order valence-corrected chi connectivity index (χ3v) is 2.87. The van der Waals surface area contributed by atoms with Crippen LogP contribution in [0.25, 0.3) is 0 Å². The molecule has 0 fully saturated rings. The number of nitrogens with zero attached hydrogens (tertiary/aromatic N) is 2. The first-order valence-electron chi connectivity index (χ1n) is 5.19. The molecule has 0 aromatic carbocycles. The standard InChI is InChI=1S/C11H16Cl2N2O/c1-3-15(6-7-16-2)8-10-9(12)4-5-11(13)14-10/h4-5H,3,6-8H2,1-2H3. The van der Waals surface area contributed by atoms with Gasteiger partial charge in [0.05, 0.1) is 17.3 Å². The molecule has 0 saturated carbocycles. The van der Waals surface area contributed by atoms with Gasteiger partial charge in [0.1, 0.15) is 5.15 Å². The normalized spacial score (nSPS) is 11.1. The van der Waals surface area contributed by atoms with Gasteiger partial charge in [-0.05, 0) is 18.7 Å². The van der Waals surface area contributed by atoms with E-state index < -0.39 is 0 Å². The summed E-state index contributed by atoms with van der Waals surface area (Å²) in [6.45, 7) is 5.27. The number of aromatic nitrogens is 1. The molecule has 0 atom stereocenters. The summed E-state index contributed by atoms with van der Waals surface area (Å²) in [7, 11) is 1.69. The zero-order valence-corrected chi connectivity index (χ0v) is 11.1. The van der Waals surface area contributed by atoms with Gasteiger partial charge in [0.25, 0.3) is 0 Å². The quantitative estimate of drug-likeness (QED) is 0.738. The minimum absolute atomic E-state index is 0.474. The van der Waals surface area contributed by atoms with E-state index >= 15 is 0 Å². The molecule has 1 aromatic heterocycles. The summed E-state index contributed by atoms with van der Waals surface area (Å²) in [4.78, 5) is 6.42. The fourth-order valence-electron chi connectivity index (χ4n) is 1.35. The molecule has 0 bridgehead atoms. The highest BCUT2D eigenvalue weighted by molar-refractivity contribution is 6.32. The summed E-state index contributed by atoms with van der Waals surface area (Å²) in [5.74, 6) is 0.